The van der Waals surface area contributed by atoms with E-state index in [1.165, 1.54) is 13.2 Å². The maximum absolute atomic E-state index is 11.0. The van der Waals surface area contributed by atoms with Gasteiger partial charge in [-0.15, -0.1) is 0 Å². The lowest BCUT2D eigenvalue weighted by Gasteiger charge is -2.07. The van der Waals surface area contributed by atoms with Gasteiger partial charge in [-0.05, 0) is 12.5 Å². The number of aliphatic hydroxyl groups is 1. The number of methoxy groups -OCH3 is 1. The van der Waals surface area contributed by atoms with Crippen LogP contribution in [0, 0.1) is 5.92 Å². The molecule has 0 aromatic rings. The van der Waals surface area contributed by atoms with Gasteiger partial charge < -0.3 is 14.9 Å². The van der Waals surface area contributed by atoms with E-state index in [9.17, 15) is 9.59 Å². The Morgan fingerprint density at radius 1 is 1.62 bits per heavy atom. The fourth-order valence-corrected chi connectivity index (χ4v) is 1.32. The number of carboxylic acids is 1. The predicted octanol–water partition coefficient (Wildman–Crippen LogP) is -0.449. The van der Waals surface area contributed by atoms with E-state index < -0.39 is 24.0 Å². The molecule has 0 saturated heterocycles. The quantitative estimate of drug-likeness (QED) is 0.571. The topological polar surface area (TPSA) is 83.8 Å². The van der Waals surface area contributed by atoms with Gasteiger partial charge in [0.25, 0.3) is 0 Å². The van der Waals surface area contributed by atoms with Crippen LogP contribution in [0.3, 0.4) is 0 Å². The molecule has 1 aliphatic rings. The minimum Gasteiger partial charge on any atom is -0.481 e. The van der Waals surface area contributed by atoms with Crippen LogP contribution in [0.25, 0.3) is 0 Å². The van der Waals surface area contributed by atoms with Crippen molar-refractivity contribution in [1.29, 1.82) is 0 Å². The Kier molecular flexibility index (Phi) is 2.67. The van der Waals surface area contributed by atoms with Gasteiger partial charge >= 0.3 is 11.9 Å². The summed E-state index contributed by atoms with van der Waals surface area (Å²) < 4.78 is 4.38. The van der Waals surface area contributed by atoms with E-state index >= 15 is 0 Å². The second-order valence-corrected chi connectivity index (χ2v) is 2.81. The van der Waals surface area contributed by atoms with Gasteiger partial charge in [0.1, 0.15) is 0 Å². The maximum Gasteiger partial charge on any atom is 0.334 e. The van der Waals surface area contributed by atoms with Gasteiger partial charge in [0.2, 0.25) is 0 Å². The van der Waals surface area contributed by atoms with Crippen molar-refractivity contribution in [3.8, 4) is 0 Å². The van der Waals surface area contributed by atoms with Gasteiger partial charge in [-0.25, -0.2) is 4.79 Å². The van der Waals surface area contributed by atoms with Crippen LogP contribution >= 0.6 is 0 Å². The summed E-state index contributed by atoms with van der Waals surface area (Å²) in [4.78, 5) is 21.6. The van der Waals surface area contributed by atoms with Gasteiger partial charge in [0.05, 0.1) is 24.7 Å². The van der Waals surface area contributed by atoms with Crippen LogP contribution in [-0.4, -0.2) is 35.4 Å². The van der Waals surface area contributed by atoms with Crippen molar-refractivity contribution in [1.82, 2.24) is 0 Å². The molecular weight excluding hydrogens is 176 g/mol. The van der Waals surface area contributed by atoms with Crippen LogP contribution in [0.4, 0.5) is 0 Å². The van der Waals surface area contributed by atoms with Crippen LogP contribution in [0.5, 0.6) is 0 Å². The van der Waals surface area contributed by atoms with Crippen molar-refractivity contribution in [3.05, 3.63) is 11.6 Å². The molecule has 0 heterocycles. The minimum absolute atomic E-state index is 0.0301. The van der Waals surface area contributed by atoms with Gasteiger partial charge in [-0.2, -0.15) is 0 Å². The summed E-state index contributed by atoms with van der Waals surface area (Å²) in [6.45, 7) is 0. The molecule has 2 unspecified atom stereocenters. The fourth-order valence-electron chi connectivity index (χ4n) is 1.32. The molecule has 2 atom stereocenters. The summed E-state index contributed by atoms with van der Waals surface area (Å²) in [5.74, 6) is -2.75. The van der Waals surface area contributed by atoms with Crippen molar-refractivity contribution in [2.24, 2.45) is 5.92 Å². The normalized spacial score (nSPS) is 26.8. The van der Waals surface area contributed by atoms with E-state index in [1.807, 2.05) is 0 Å². The van der Waals surface area contributed by atoms with Crippen molar-refractivity contribution >= 4 is 11.9 Å². The second kappa shape index (κ2) is 3.57. The molecule has 2 N–H and O–H groups in total. The summed E-state index contributed by atoms with van der Waals surface area (Å²) in [5, 5.41) is 17.8. The summed E-state index contributed by atoms with van der Waals surface area (Å²) in [6.07, 6.45) is 0.403. The Hall–Kier alpha value is -1.36. The number of rotatable bonds is 2. The molecule has 0 amide bonds. The molecule has 0 aromatic carbocycles. The smallest absolute Gasteiger partial charge is 0.334 e. The molecule has 0 aliphatic heterocycles. The number of carbonyl (C=O) groups excluding carboxylic acids is 1. The highest BCUT2D eigenvalue weighted by molar-refractivity contribution is 5.96. The number of carbonyl (C=O) groups is 2. The molecule has 0 radical (unpaired) electrons. The average Bonchev–Trinajstić information content (AvgIpc) is 2.46. The molecule has 1 rings (SSSR count). The molecule has 72 valence electrons. The number of hydrogen-bond acceptors (Lipinski definition) is 4. The average molecular weight is 186 g/mol. The van der Waals surface area contributed by atoms with Crippen LogP contribution < -0.4 is 0 Å². The third kappa shape index (κ3) is 1.86. The molecule has 0 aromatic heterocycles. The number of aliphatic carboxylic acids is 1. The first-order valence-electron chi connectivity index (χ1n) is 3.77. The van der Waals surface area contributed by atoms with E-state index in [4.69, 9.17) is 10.2 Å². The Balaban J connectivity index is 2.85. The number of carboxylic acid groups (broad SMARTS) is 1. The van der Waals surface area contributed by atoms with Crippen molar-refractivity contribution in [3.63, 3.8) is 0 Å². The third-order valence-corrected chi connectivity index (χ3v) is 1.94. The summed E-state index contributed by atoms with van der Waals surface area (Å²) in [5.41, 5.74) is 0.0301. The van der Waals surface area contributed by atoms with E-state index in [0.29, 0.717) is 0 Å². The molecular formula is C8H10O5. The van der Waals surface area contributed by atoms with E-state index in [1.54, 1.807) is 0 Å². The first-order valence-corrected chi connectivity index (χ1v) is 3.77. The van der Waals surface area contributed by atoms with Crippen LogP contribution in [-0.2, 0) is 14.3 Å². The molecule has 13 heavy (non-hydrogen) atoms. The van der Waals surface area contributed by atoms with Gasteiger partial charge in [0, 0.05) is 0 Å². The number of ether oxygens (including phenoxy) is 1. The standard InChI is InChI=1S/C8H10O5/c1-13-8(12)6-3-4(9)2-5(6)7(10)11/h3-5,9H,2H2,1H3,(H,10,11). The Morgan fingerprint density at radius 3 is 2.69 bits per heavy atom. The van der Waals surface area contributed by atoms with Gasteiger partial charge in [-0.3, -0.25) is 4.79 Å². The lowest BCUT2D eigenvalue weighted by molar-refractivity contribution is -0.144. The summed E-state index contributed by atoms with van der Waals surface area (Å²) in [7, 11) is 1.17. The molecule has 0 spiro atoms. The van der Waals surface area contributed by atoms with Crippen molar-refractivity contribution < 1.29 is 24.5 Å². The van der Waals surface area contributed by atoms with E-state index in [2.05, 4.69) is 4.74 Å². The lowest BCUT2D eigenvalue weighted by Crippen LogP contribution is -2.19. The van der Waals surface area contributed by atoms with E-state index in [-0.39, 0.29) is 12.0 Å². The zero-order valence-corrected chi connectivity index (χ0v) is 7.06. The fraction of sp³-hybridized carbons (Fsp3) is 0.500. The monoisotopic (exact) mass is 186 g/mol. The largest absolute Gasteiger partial charge is 0.481 e. The molecule has 1 aliphatic carbocycles. The number of aliphatic hydroxyl groups excluding tert-OH is 1. The minimum atomic E-state index is -1.12. The highest BCUT2D eigenvalue weighted by Crippen LogP contribution is 2.27. The Bertz CT molecular complexity index is 268. The molecule has 0 fully saturated rings. The summed E-state index contributed by atoms with van der Waals surface area (Å²) in [6, 6.07) is 0. The van der Waals surface area contributed by atoms with Crippen LogP contribution in [0.15, 0.2) is 11.6 Å². The lowest BCUT2D eigenvalue weighted by atomic mass is 10.0. The zero-order chi connectivity index (χ0) is 10.0. The van der Waals surface area contributed by atoms with Crippen molar-refractivity contribution in [2.45, 2.75) is 12.5 Å². The first kappa shape index (κ1) is 9.73. The van der Waals surface area contributed by atoms with E-state index in [0.717, 1.165) is 0 Å². The molecule has 5 heteroatoms. The second-order valence-electron chi connectivity index (χ2n) is 2.81. The molecule has 5 nitrogen and oxygen atoms in total. The van der Waals surface area contributed by atoms with Crippen LogP contribution in [0.2, 0.25) is 0 Å². The first-order chi connectivity index (χ1) is 6.06. The highest BCUT2D eigenvalue weighted by Gasteiger charge is 2.35. The number of hydrogen-bond donors (Lipinski definition) is 2. The van der Waals surface area contributed by atoms with Crippen LogP contribution in [0.1, 0.15) is 6.42 Å². The van der Waals surface area contributed by atoms with Gasteiger partial charge in [-0.1, -0.05) is 0 Å². The highest BCUT2D eigenvalue weighted by atomic mass is 16.5. The molecule has 0 bridgehead atoms. The third-order valence-electron chi connectivity index (χ3n) is 1.94. The number of esters is 1. The maximum atomic E-state index is 11.0. The predicted molar refractivity (Wildman–Crippen MR) is 41.8 cm³/mol. The SMILES string of the molecule is COC(=O)C1=CC(O)CC1C(=O)O. The zero-order valence-electron chi connectivity index (χ0n) is 7.06. The van der Waals surface area contributed by atoms with Gasteiger partial charge in [0.15, 0.2) is 0 Å². The summed E-state index contributed by atoms with van der Waals surface area (Å²) >= 11 is 0. The molecule has 0 saturated carbocycles. The van der Waals surface area contributed by atoms with Crippen molar-refractivity contribution in [2.75, 3.05) is 7.11 Å². The Labute approximate surface area is 74.6 Å². The Morgan fingerprint density at radius 2 is 2.23 bits per heavy atom.